The highest BCUT2D eigenvalue weighted by atomic mass is 79.9. The van der Waals surface area contributed by atoms with Gasteiger partial charge in [-0.25, -0.2) is 4.68 Å². The molecule has 0 aliphatic carbocycles. The number of aryl methyl sites for hydroxylation is 2. The Kier molecular flexibility index (Phi) is 4.41. The topological polar surface area (TPSA) is 93.5 Å². The van der Waals surface area contributed by atoms with Crippen LogP contribution in [-0.4, -0.2) is 25.8 Å². The lowest BCUT2D eigenvalue weighted by molar-refractivity contribution is 0.756. The van der Waals surface area contributed by atoms with Crippen LogP contribution in [0.1, 0.15) is 42.1 Å². The van der Waals surface area contributed by atoms with Crippen LogP contribution in [0.25, 0.3) is 5.82 Å². The molecule has 0 aliphatic rings. The van der Waals surface area contributed by atoms with Gasteiger partial charge in [-0.3, -0.25) is 5.41 Å². The second kappa shape index (κ2) is 5.93. The number of amidine groups is 1. The van der Waals surface area contributed by atoms with Crippen molar-refractivity contribution in [3.63, 3.8) is 0 Å². The van der Waals surface area contributed by atoms with Crippen LogP contribution in [0.3, 0.4) is 0 Å². The predicted molar refractivity (Wildman–Crippen MR) is 86.1 cm³/mol. The summed E-state index contributed by atoms with van der Waals surface area (Å²) < 4.78 is 2.62. The number of nitrogen functional groups attached to an aromatic ring is 1. The summed E-state index contributed by atoms with van der Waals surface area (Å²) in [6.45, 7) is 7.90. The lowest BCUT2D eigenvalue weighted by Crippen LogP contribution is -2.22. The highest BCUT2D eigenvalue weighted by Gasteiger charge is 2.21. The lowest BCUT2D eigenvalue weighted by Gasteiger charge is -2.15. The molecule has 3 N–H and O–H groups in total. The Morgan fingerprint density at radius 3 is 2.33 bits per heavy atom. The van der Waals surface area contributed by atoms with Gasteiger partial charge in [0, 0.05) is 0 Å². The second-order valence-electron chi connectivity index (χ2n) is 4.84. The van der Waals surface area contributed by atoms with E-state index in [1.165, 1.54) is 0 Å². The maximum absolute atomic E-state index is 7.93. The summed E-state index contributed by atoms with van der Waals surface area (Å²) in [4.78, 5) is 0. The molecule has 2 heterocycles. The van der Waals surface area contributed by atoms with E-state index in [1.54, 1.807) is 4.68 Å². The molecule has 0 aromatic carbocycles. The number of nitrogens with two attached hydrogens (primary N) is 1. The van der Waals surface area contributed by atoms with Gasteiger partial charge in [0.2, 0.25) is 0 Å². The van der Waals surface area contributed by atoms with Gasteiger partial charge in [-0.15, -0.1) is 5.10 Å². The highest BCUT2D eigenvalue weighted by molar-refractivity contribution is 9.10. The third-order valence-electron chi connectivity index (χ3n) is 3.50. The minimum absolute atomic E-state index is 0.00451. The average Bonchev–Trinajstić information content (AvgIpc) is 2.72. The molecule has 0 saturated carbocycles. The van der Waals surface area contributed by atoms with E-state index in [1.807, 2.05) is 27.7 Å². The van der Waals surface area contributed by atoms with Crippen molar-refractivity contribution in [2.45, 2.75) is 40.5 Å². The Morgan fingerprint density at radius 2 is 1.90 bits per heavy atom. The Bertz CT molecular complexity index is 704. The molecule has 2 rings (SSSR count). The molecule has 0 saturated heterocycles. The molecule has 2 aromatic heterocycles. The van der Waals surface area contributed by atoms with Gasteiger partial charge in [0.15, 0.2) is 5.82 Å². The first-order valence-electron chi connectivity index (χ1n) is 6.87. The van der Waals surface area contributed by atoms with E-state index in [4.69, 9.17) is 11.1 Å². The first-order valence-corrected chi connectivity index (χ1v) is 7.66. The van der Waals surface area contributed by atoms with Gasteiger partial charge in [0.1, 0.15) is 5.84 Å². The number of nitrogens with zero attached hydrogens (tertiary/aromatic N) is 4. The summed E-state index contributed by atoms with van der Waals surface area (Å²) in [7, 11) is 0. The minimum Gasteiger partial charge on any atom is -0.384 e. The number of nitrogens with one attached hydrogen (secondary N) is 1. The zero-order valence-electron chi connectivity index (χ0n) is 12.7. The summed E-state index contributed by atoms with van der Waals surface area (Å²) >= 11 is 3.51. The number of rotatable bonds is 4. The zero-order valence-corrected chi connectivity index (χ0v) is 14.2. The fraction of sp³-hybridized carbons (Fsp3) is 0.429. The van der Waals surface area contributed by atoms with Crippen LogP contribution in [0.4, 0.5) is 0 Å². The van der Waals surface area contributed by atoms with Crippen molar-refractivity contribution in [2.75, 3.05) is 0 Å². The first-order chi connectivity index (χ1) is 9.92. The Morgan fingerprint density at radius 1 is 1.24 bits per heavy atom. The van der Waals surface area contributed by atoms with Crippen LogP contribution in [-0.2, 0) is 12.8 Å². The molecule has 0 fully saturated rings. The van der Waals surface area contributed by atoms with Gasteiger partial charge in [-0.1, -0.05) is 13.8 Å². The van der Waals surface area contributed by atoms with Crippen LogP contribution in [0.15, 0.2) is 4.47 Å². The van der Waals surface area contributed by atoms with Crippen molar-refractivity contribution in [3.8, 4) is 5.82 Å². The molecule has 0 spiro atoms. The van der Waals surface area contributed by atoms with Crippen molar-refractivity contribution < 1.29 is 0 Å². The molecule has 6 nitrogen and oxygen atoms in total. The molecule has 0 atom stereocenters. The Balaban J connectivity index is 2.80. The normalized spacial score (nSPS) is 10.9. The molecule has 112 valence electrons. The van der Waals surface area contributed by atoms with Gasteiger partial charge in [-0.05, 0) is 48.2 Å². The van der Waals surface area contributed by atoms with Crippen LogP contribution in [0.2, 0.25) is 0 Å². The van der Waals surface area contributed by atoms with Crippen molar-refractivity contribution in [2.24, 2.45) is 5.73 Å². The number of hydrogen-bond donors (Lipinski definition) is 2. The summed E-state index contributed by atoms with van der Waals surface area (Å²) in [5.74, 6) is 0.512. The van der Waals surface area contributed by atoms with Gasteiger partial charge >= 0.3 is 0 Å². The lowest BCUT2D eigenvalue weighted by atomic mass is 10.0. The maximum atomic E-state index is 7.93. The van der Waals surface area contributed by atoms with Gasteiger partial charge in [-0.2, -0.15) is 10.2 Å². The average molecular weight is 351 g/mol. The fourth-order valence-corrected chi connectivity index (χ4v) is 2.67. The fourth-order valence-electron chi connectivity index (χ4n) is 2.42. The quantitative estimate of drug-likeness (QED) is 0.654. The molecule has 0 amide bonds. The summed E-state index contributed by atoms with van der Waals surface area (Å²) in [6.07, 6.45) is 1.51. The van der Waals surface area contributed by atoms with Gasteiger partial charge in [0.05, 0.1) is 27.1 Å². The monoisotopic (exact) mass is 350 g/mol. The molecule has 0 aliphatic heterocycles. The van der Waals surface area contributed by atoms with E-state index in [-0.39, 0.29) is 5.84 Å². The minimum atomic E-state index is -0.00451. The number of halogens is 1. The Labute approximate surface area is 132 Å². The molecule has 21 heavy (non-hydrogen) atoms. The molecule has 7 heteroatoms. The second-order valence-corrected chi connectivity index (χ2v) is 5.63. The maximum Gasteiger partial charge on any atom is 0.187 e. The van der Waals surface area contributed by atoms with Crippen LogP contribution in [0, 0.1) is 19.3 Å². The van der Waals surface area contributed by atoms with E-state index in [9.17, 15) is 0 Å². The standard InChI is InChI=1S/C14H19BrN6/c1-5-9-10(6-2)18-19-14(11(9)13(16)17)21-8(4)12(15)7(3)20-21/h5-6H2,1-4H3,(H3,16,17). The molecule has 2 aromatic rings. The third kappa shape index (κ3) is 2.57. The first kappa shape index (κ1) is 15.6. The number of aromatic nitrogens is 4. The van der Waals surface area contributed by atoms with E-state index in [0.717, 1.165) is 40.0 Å². The van der Waals surface area contributed by atoms with E-state index < -0.39 is 0 Å². The number of hydrogen-bond acceptors (Lipinski definition) is 4. The summed E-state index contributed by atoms with van der Waals surface area (Å²) in [5, 5.41) is 21.0. The molecule has 0 unspecified atom stereocenters. The van der Waals surface area contributed by atoms with Crippen LogP contribution < -0.4 is 5.73 Å². The Hall–Kier alpha value is -1.76. The molecule has 0 radical (unpaired) electrons. The van der Waals surface area contributed by atoms with Crippen molar-refractivity contribution >= 4 is 21.8 Å². The molecular weight excluding hydrogens is 332 g/mol. The van der Waals surface area contributed by atoms with E-state index >= 15 is 0 Å². The van der Waals surface area contributed by atoms with Crippen molar-refractivity contribution in [3.05, 3.63) is 32.7 Å². The zero-order chi connectivity index (χ0) is 15.7. The predicted octanol–water partition coefficient (Wildman–Crippen LogP) is 2.45. The van der Waals surface area contributed by atoms with E-state index in [2.05, 4.69) is 31.2 Å². The molecular formula is C14H19BrN6. The van der Waals surface area contributed by atoms with Crippen LogP contribution >= 0.6 is 15.9 Å². The summed E-state index contributed by atoms with van der Waals surface area (Å²) in [6, 6.07) is 0. The van der Waals surface area contributed by atoms with Crippen molar-refractivity contribution in [1.29, 1.82) is 5.41 Å². The van der Waals surface area contributed by atoms with Gasteiger partial charge in [0.25, 0.3) is 0 Å². The summed E-state index contributed by atoms with van der Waals surface area (Å²) in [5.41, 5.74) is 10.1. The largest absolute Gasteiger partial charge is 0.384 e. The highest BCUT2D eigenvalue weighted by Crippen LogP contribution is 2.25. The van der Waals surface area contributed by atoms with E-state index in [0.29, 0.717) is 11.4 Å². The van der Waals surface area contributed by atoms with Crippen molar-refractivity contribution in [1.82, 2.24) is 20.0 Å². The van der Waals surface area contributed by atoms with Crippen LogP contribution in [0.5, 0.6) is 0 Å². The van der Waals surface area contributed by atoms with Gasteiger partial charge < -0.3 is 5.73 Å². The smallest absolute Gasteiger partial charge is 0.187 e. The SMILES string of the molecule is CCc1nnc(-n2nc(C)c(Br)c2C)c(C(=N)N)c1CC. The molecule has 0 bridgehead atoms. The third-order valence-corrected chi connectivity index (χ3v) is 4.65.